The molecule has 3 nitrogen and oxygen atoms in total. The molecule has 2 aliphatic heterocycles. The molecule has 0 saturated carbocycles. The lowest BCUT2D eigenvalue weighted by Gasteiger charge is -2.36. The fourth-order valence-electron chi connectivity index (χ4n) is 2.45. The molecule has 3 unspecified atom stereocenters. The topological polar surface area (TPSA) is 41.5 Å². The summed E-state index contributed by atoms with van der Waals surface area (Å²) in [6, 6.07) is 0. The van der Waals surface area contributed by atoms with Crippen LogP contribution in [0.15, 0.2) is 0 Å². The van der Waals surface area contributed by atoms with E-state index in [9.17, 15) is 5.11 Å². The fraction of sp³-hybridized carbons (Fsp3) is 1.00. The molecule has 2 fully saturated rings. The van der Waals surface area contributed by atoms with Crippen LogP contribution in [0.2, 0.25) is 0 Å². The molecule has 0 aliphatic carbocycles. The van der Waals surface area contributed by atoms with Crippen molar-refractivity contribution in [1.82, 2.24) is 5.32 Å². The van der Waals surface area contributed by atoms with E-state index in [-0.39, 0.29) is 6.10 Å². The molecule has 2 rings (SSSR count). The fourth-order valence-corrected chi connectivity index (χ4v) is 2.45. The maximum Gasteiger partial charge on any atom is 0.0596 e. The van der Waals surface area contributed by atoms with E-state index in [1.54, 1.807) is 0 Å². The standard InChI is InChI=1S/C10H19NO2/c12-10-3-4-11-6-9(10)8-2-1-5-13-7-8/h8-12H,1-7H2. The van der Waals surface area contributed by atoms with Crippen molar-refractivity contribution in [3.05, 3.63) is 0 Å². The summed E-state index contributed by atoms with van der Waals surface area (Å²) in [6.07, 6.45) is 3.19. The Morgan fingerprint density at radius 2 is 2.23 bits per heavy atom. The van der Waals surface area contributed by atoms with Gasteiger partial charge in [-0.25, -0.2) is 0 Å². The van der Waals surface area contributed by atoms with Gasteiger partial charge in [-0.1, -0.05) is 0 Å². The number of aliphatic hydroxyl groups excluding tert-OH is 1. The van der Waals surface area contributed by atoms with Gasteiger partial charge < -0.3 is 15.2 Å². The molecule has 0 bridgehead atoms. The first-order valence-corrected chi connectivity index (χ1v) is 5.34. The Morgan fingerprint density at radius 3 is 2.92 bits per heavy atom. The summed E-state index contributed by atoms with van der Waals surface area (Å²) in [7, 11) is 0. The summed E-state index contributed by atoms with van der Waals surface area (Å²) in [6.45, 7) is 3.69. The first kappa shape index (κ1) is 9.44. The van der Waals surface area contributed by atoms with Gasteiger partial charge in [0.25, 0.3) is 0 Å². The second kappa shape index (κ2) is 4.40. The van der Waals surface area contributed by atoms with E-state index >= 15 is 0 Å². The van der Waals surface area contributed by atoms with Crippen molar-refractivity contribution < 1.29 is 9.84 Å². The second-order valence-corrected chi connectivity index (χ2v) is 4.20. The molecule has 3 heteroatoms. The van der Waals surface area contributed by atoms with E-state index < -0.39 is 0 Å². The summed E-state index contributed by atoms with van der Waals surface area (Å²) in [5.74, 6) is 1.01. The molecule has 2 saturated heterocycles. The number of piperidine rings is 1. The predicted molar refractivity (Wildman–Crippen MR) is 50.5 cm³/mol. The zero-order valence-corrected chi connectivity index (χ0v) is 8.04. The van der Waals surface area contributed by atoms with E-state index in [0.717, 1.165) is 39.1 Å². The van der Waals surface area contributed by atoms with E-state index in [1.165, 1.54) is 6.42 Å². The van der Waals surface area contributed by atoms with E-state index in [2.05, 4.69) is 5.32 Å². The van der Waals surface area contributed by atoms with Gasteiger partial charge in [-0.15, -0.1) is 0 Å². The first-order chi connectivity index (χ1) is 6.38. The van der Waals surface area contributed by atoms with Crippen LogP contribution in [0.1, 0.15) is 19.3 Å². The molecule has 0 aromatic heterocycles. The van der Waals surface area contributed by atoms with Gasteiger partial charge in [0, 0.05) is 25.7 Å². The van der Waals surface area contributed by atoms with Crippen LogP contribution in [-0.4, -0.2) is 37.5 Å². The number of hydrogen-bond donors (Lipinski definition) is 2. The van der Waals surface area contributed by atoms with Gasteiger partial charge in [-0.3, -0.25) is 0 Å². The molecule has 0 amide bonds. The lowest BCUT2D eigenvalue weighted by Crippen LogP contribution is -2.45. The third kappa shape index (κ3) is 2.22. The van der Waals surface area contributed by atoms with Gasteiger partial charge in [0.05, 0.1) is 6.10 Å². The van der Waals surface area contributed by atoms with Crippen molar-refractivity contribution in [2.45, 2.75) is 25.4 Å². The van der Waals surface area contributed by atoms with Crippen LogP contribution >= 0.6 is 0 Å². The third-order valence-corrected chi connectivity index (χ3v) is 3.29. The van der Waals surface area contributed by atoms with Gasteiger partial charge in [0.15, 0.2) is 0 Å². The highest BCUT2D eigenvalue weighted by atomic mass is 16.5. The van der Waals surface area contributed by atoms with Crippen molar-refractivity contribution in [3.63, 3.8) is 0 Å². The monoisotopic (exact) mass is 185 g/mol. The molecule has 76 valence electrons. The second-order valence-electron chi connectivity index (χ2n) is 4.20. The molecule has 13 heavy (non-hydrogen) atoms. The average Bonchev–Trinajstić information content (AvgIpc) is 2.20. The minimum absolute atomic E-state index is 0.104. The lowest BCUT2D eigenvalue weighted by molar-refractivity contribution is -0.0217. The normalized spacial score (nSPS) is 41.8. The van der Waals surface area contributed by atoms with Crippen molar-refractivity contribution >= 4 is 0 Å². The highest BCUT2D eigenvalue weighted by Gasteiger charge is 2.31. The Labute approximate surface area is 79.5 Å². The van der Waals surface area contributed by atoms with Gasteiger partial charge in [-0.05, 0) is 31.7 Å². The zero-order valence-electron chi connectivity index (χ0n) is 8.04. The van der Waals surface area contributed by atoms with Crippen molar-refractivity contribution in [3.8, 4) is 0 Å². The molecule has 0 spiro atoms. The van der Waals surface area contributed by atoms with Gasteiger partial charge in [0.2, 0.25) is 0 Å². The number of nitrogens with one attached hydrogen (secondary N) is 1. The van der Waals surface area contributed by atoms with Crippen LogP contribution in [0.3, 0.4) is 0 Å². The minimum atomic E-state index is -0.104. The highest BCUT2D eigenvalue weighted by Crippen LogP contribution is 2.27. The van der Waals surface area contributed by atoms with E-state index in [1.807, 2.05) is 0 Å². The van der Waals surface area contributed by atoms with Gasteiger partial charge in [-0.2, -0.15) is 0 Å². The molecule has 2 N–H and O–H groups in total. The van der Waals surface area contributed by atoms with Crippen LogP contribution in [0.5, 0.6) is 0 Å². The summed E-state index contributed by atoms with van der Waals surface area (Å²) in [5, 5.41) is 13.2. The molecular formula is C10H19NO2. The number of rotatable bonds is 1. The highest BCUT2D eigenvalue weighted by molar-refractivity contribution is 4.83. The Bertz CT molecular complexity index is 157. The molecule has 0 aromatic carbocycles. The molecule has 2 heterocycles. The molecule has 0 aromatic rings. The van der Waals surface area contributed by atoms with Gasteiger partial charge in [0.1, 0.15) is 0 Å². The van der Waals surface area contributed by atoms with Gasteiger partial charge >= 0.3 is 0 Å². The smallest absolute Gasteiger partial charge is 0.0596 e. The summed E-state index contributed by atoms with van der Waals surface area (Å²) >= 11 is 0. The quantitative estimate of drug-likeness (QED) is 0.620. The number of aliphatic hydroxyl groups is 1. The maximum atomic E-state index is 9.83. The van der Waals surface area contributed by atoms with Crippen LogP contribution in [0.4, 0.5) is 0 Å². The predicted octanol–water partition coefficient (Wildman–Crippen LogP) is 0.383. The van der Waals surface area contributed by atoms with Crippen molar-refractivity contribution in [2.75, 3.05) is 26.3 Å². The van der Waals surface area contributed by atoms with Crippen molar-refractivity contribution in [2.24, 2.45) is 11.8 Å². The van der Waals surface area contributed by atoms with Crippen LogP contribution in [-0.2, 0) is 4.74 Å². The summed E-state index contributed by atoms with van der Waals surface area (Å²) in [5.41, 5.74) is 0. The Kier molecular flexibility index (Phi) is 3.19. The largest absolute Gasteiger partial charge is 0.393 e. The Morgan fingerprint density at radius 1 is 1.31 bits per heavy atom. The van der Waals surface area contributed by atoms with E-state index in [4.69, 9.17) is 4.74 Å². The minimum Gasteiger partial charge on any atom is -0.393 e. The number of hydrogen-bond acceptors (Lipinski definition) is 3. The van der Waals surface area contributed by atoms with Crippen LogP contribution < -0.4 is 5.32 Å². The molecule has 2 aliphatic rings. The summed E-state index contributed by atoms with van der Waals surface area (Å²) in [4.78, 5) is 0. The molecule has 0 radical (unpaired) electrons. The van der Waals surface area contributed by atoms with Crippen molar-refractivity contribution in [1.29, 1.82) is 0 Å². The zero-order chi connectivity index (χ0) is 9.10. The summed E-state index contributed by atoms with van der Waals surface area (Å²) < 4.78 is 5.44. The SMILES string of the molecule is OC1CCNCC1C1CCCOC1. The molecular weight excluding hydrogens is 166 g/mol. The van der Waals surface area contributed by atoms with Crippen LogP contribution in [0.25, 0.3) is 0 Å². The Balaban J connectivity index is 1.88. The lowest BCUT2D eigenvalue weighted by atomic mass is 9.81. The maximum absolute atomic E-state index is 9.83. The average molecular weight is 185 g/mol. The van der Waals surface area contributed by atoms with Crippen LogP contribution in [0, 0.1) is 11.8 Å². The number of ether oxygens (including phenoxy) is 1. The first-order valence-electron chi connectivity index (χ1n) is 5.34. The van der Waals surface area contributed by atoms with E-state index in [0.29, 0.717) is 11.8 Å². The third-order valence-electron chi connectivity index (χ3n) is 3.29. The molecule has 3 atom stereocenters. The Hall–Kier alpha value is -0.120.